The van der Waals surface area contributed by atoms with Crippen LogP contribution in [0.4, 0.5) is 0 Å². The fourth-order valence-corrected chi connectivity index (χ4v) is 1.99. The van der Waals surface area contributed by atoms with Crippen molar-refractivity contribution in [2.75, 3.05) is 0 Å². The first-order chi connectivity index (χ1) is 9.85. The molecule has 0 aliphatic rings. The van der Waals surface area contributed by atoms with E-state index >= 15 is 0 Å². The molecule has 0 unspecified atom stereocenters. The number of nitrogens with zero attached hydrogens (tertiary/aromatic N) is 3. The van der Waals surface area contributed by atoms with Crippen molar-refractivity contribution in [2.45, 2.75) is 34.1 Å². The van der Waals surface area contributed by atoms with Crippen LogP contribution in [-0.2, 0) is 4.79 Å². The van der Waals surface area contributed by atoms with Crippen molar-refractivity contribution in [3.63, 3.8) is 0 Å². The van der Waals surface area contributed by atoms with Crippen LogP contribution < -0.4 is 4.84 Å². The molecule has 0 bridgehead atoms. The van der Waals surface area contributed by atoms with E-state index in [2.05, 4.69) is 26.0 Å². The zero-order valence-corrected chi connectivity index (χ0v) is 14.1. The van der Waals surface area contributed by atoms with Crippen molar-refractivity contribution in [1.82, 2.24) is 14.9 Å². The molecule has 1 aromatic heterocycles. The smallest absolute Gasteiger partial charge is 0.317 e. The van der Waals surface area contributed by atoms with Crippen LogP contribution in [-0.4, -0.2) is 20.9 Å². The summed E-state index contributed by atoms with van der Waals surface area (Å²) in [5.41, 5.74) is 1.39. The van der Waals surface area contributed by atoms with Gasteiger partial charge in [0, 0.05) is 10.0 Å². The lowest BCUT2D eigenvalue weighted by molar-refractivity contribution is -0.156. The molecule has 0 amide bonds. The van der Waals surface area contributed by atoms with Gasteiger partial charge in [-0.1, -0.05) is 39.8 Å². The summed E-state index contributed by atoms with van der Waals surface area (Å²) in [4.78, 5) is 22.6. The Bertz CT molecular complexity index is 665. The monoisotopic (exact) mass is 351 g/mol. The second kappa shape index (κ2) is 5.97. The third-order valence-corrected chi connectivity index (χ3v) is 4.45. The average molecular weight is 352 g/mol. The second-order valence-electron chi connectivity index (χ2n) is 5.50. The first-order valence-corrected chi connectivity index (χ1v) is 7.54. The quantitative estimate of drug-likeness (QED) is 0.846. The summed E-state index contributed by atoms with van der Waals surface area (Å²) in [6.07, 6.45) is 2.09. The highest BCUT2D eigenvalue weighted by molar-refractivity contribution is 9.10. The van der Waals surface area contributed by atoms with Crippen molar-refractivity contribution in [3.05, 3.63) is 34.6 Å². The van der Waals surface area contributed by atoms with Crippen LogP contribution in [0.1, 0.15) is 32.8 Å². The zero-order valence-electron chi connectivity index (χ0n) is 12.6. The largest absolute Gasteiger partial charge is 0.340 e. The number of hydrogen-bond acceptors (Lipinski definition) is 4. The normalized spacial score (nSPS) is 11.5. The maximum absolute atomic E-state index is 12.0. The molecular formula is C15H18BrN3O2. The van der Waals surface area contributed by atoms with Crippen molar-refractivity contribution < 1.29 is 9.63 Å². The Morgan fingerprint density at radius 2 is 2.14 bits per heavy atom. The van der Waals surface area contributed by atoms with Gasteiger partial charge in [0.1, 0.15) is 0 Å². The summed E-state index contributed by atoms with van der Waals surface area (Å²) in [7, 11) is 0. The average Bonchev–Trinajstić information content (AvgIpc) is 2.90. The fourth-order valence-electron chi connectivity index (χ4n) is 1.62. The van der Waals surface area contributed by atoms with Crippen LogP contribution in [0.3, 0.4) is 0 Å². The van der Waals surface area contributed by atoms with Gasteiger partial charge >= 0.3 is 5.97 Å². The number of aromatic nitrogens is 3. The van der Waals surface area contributed by atoms with Gasteiger partial charge in [-0.2, -0.15) is 0 Å². The number of rotatable bonds is 4. The van der Waals surface area contributed by atoms with Crippen LogP contribution in [0.25, 0.3) is 11.4 Å². The lowest BCUT2D eigenvalue weighted by Crippen LogP contribution is -2.33. The lowest BCUT2D eigenvalue weighted by Gasteiger charge is -2.18. The number of carbonyl (C=O) groups excluding carboxylic acids is 1. The predicted molar refractivity (Wildman–Crippen MR) is 83.6 cm³/mol. The Balaban J connectivity index is 2.23. The molecule has 5 nitrogen and oxygen atoms in total. The van der Waals surface area contributed by atoms with E-state index in [9.17, 15) is 4.79 Å². The molecule has 2 rings (SSSR count). The van der Waals surface area contributed by atoms with E-state index in [0.717, 1.165) is 20.4 Å². The molecule has 0 saturated heterocycles. The fraction of sp³-hybridized carbons (Fsp3) is 0.400. The molecule has 0 N–H and O–H groups in total. The van der Waals surface area contributed by atoms with Gasteiger partial charge in [0.05, 0.1) is 5.41 Å². The van der Waals surface area contributed by atoms with Crippen LogP contribution in [0.2, 0.25) is 0 Å². The number of benzene rings is 1. The summed E-state index contributed by atoms with van der Waals surface area (Å²) < 4.78 is 0.987. The molecule has 0 radical (unpaired) electrons. The number of hydrogen-bond donors (Lipinski definition) is 0. The summed E-state index contributed by atoms with van der Waals surface area (Å²) in [6.45, 7) is 7.60. The Hall–Kier alpha value is -1.69. The topological polar surface area (TPSA) is 57.0 Å². The third-order valence-electron chi connectivity index (χ3n) is 3.59. The van der Waals surface area contributed by atoms with Gasteiger partial charge in [0.2, 0.25) is 0 Å². The molecule has 0 aliphatic carbocycles. The molecule has 21 heavy (non-hydrogen) atoms. The maximum atomic E-state index is 12.0. The summed E-state index contributed by atoms with van der Waals surface area (Å²) in [5, 5.41) is 4.21. The van der Waals surface area contributed by atoms with Crippen LogP contribution in [0.15, 0.2) is 29.0 Å². The van der Waals surface area contributed by atoms with Crippen molar-refractivity contribution in [3.8, 4) is 11.4 Å². The number of halogens is 1. The predicted octanol–water partition coefficient (Wildman–Crippen LogP) is 3.41. The molecule has 0 saturated carbocycles. The van der Waals surface area contributed by atoms with Crippen LogP contribution >= 0.6 is 15.9 Å². The Morgan fingerprint density at radius 1 is 1.43 bits per heavy atom. The molecule has 1 aromatic carbocycles. The standard InChI is InChI=1S/C15H18BrN3O2/c1-5-15(3,4)14(20)21-19-9-17-13(18-19)11-7-6-8-12(16)10(11)2/h6-9H,5H2,1-4H3. The molecule has 6 heteroatoms. The van der Waals surface area contributed by atoms with E-state index in [1.165, 1.54) is 6.33 Å². The minimum absolute atomic E-state index is 0.326. The molecule has 112 valence electrons. The van der Waals surface area contributed by atoms with Gasteiger partial charge in [-0.05, 0) is 38.8 Å². The highest BCUT2D eigenvalue weighted by atomic mass is 79.9. The van der Waals surface area contributed by atoms with Gasteiger partial charge in [0.25, 0.3) is 0 Å². The first-order valence-electron chi connectivity index (χ1n) is 6.75. The van der Waals surface area contributed by atoms with E-state index in [-0.39, 0.29) is 5.97 Å². The summed E-state index contributed by atoms with van der Waals surface area (Å²) >= 11 is 3.48. The van der Waals surface area contributed by atoms with Gasteiger partial charge in [0.15, 0.2) is 12.2 Å². The van der Waals surface area contributed by atoms with Crippen LogP contribution in [0, 0.1) is 12.3 Å². The van der Waals surface area contributed by atoms with E-state index in [0.29, 0.717) is 12.2 Å². The van der Waals surface area contributed by atoms with Crippen molar-refractivity contribution >= 4 is 21.9 Å². The highest BCUT2D eigenvalue weighted by Crippen LogP contribution is 2.26. The van der Waals surface area contributed by atoms with Crippen molar-refractivity contribution in [1.29, 1.82) is 0 Å². The molecule has 0 aliphatic heterocycles. The van der Waals surface area contributed by atoms with Gasteiger partial charge in [-0.3, -0.25) is 0 Å². The third kappa shape index (κ3) is 3.32. The minimum atomic E-state index is -0.544. The van der Waals surface area contributed by atoms with Gasteiger partial charge in [-0.15, -0.1) is 5.10 Å². The van der Waals surface area contributed by atoms with E-state index in [1.54, 1.807) is 0 Å². The van der Waals surface area contributed by atoms with Crippen molar-refractivity contribution in [2.24, 2.45) is 5.41 Å². The lowest BCUT2D eigenvalue weighted by atomic mass is 9.91. The highest BCUT2D eigenvalue weighted by Gasteiger charge is 2.28. The van der Waals surface area contributed by atoms with Crippen LogP contribution in [0.5, 0.6) is 0 Å². The first kappa shape index (κ1) is 15.7. The zero-order chi connectivity index (χ0) is 15.6. The minimum Gasteiger partial charge on any atom is -0.317 e. The molecule has 0 atom stereocenters. The van der Waals surface area contributed by atoms with Gasteiger partial charge in [-0.25, -0.2) is 9.78 Å². The Kier molecular flexibility index (Phi) is 4.46. The molecule has 2 aromatic rings. The second-order valence-corrected chi connectivity index (χ2v) is 6.35. The maximum Gasteiger partial charge on any atom is 0.340 e. The number of carbonyl (C=O) groups is 1. The Labute approximate surface area is 132 Å². The molecule has 0 fully saturated rings. The SMILES string of the molecule is CCC(C)(C)C(=O)On1cnc(-c2cccc(Br)c2C)n1. The Morgan fingerprint density at radius 3 is 2.81 bits per heavy atom. The van der Waals surface area contributed by atoms with Gasteiger partial charge < -0.3 is 4.84 Å². The molecular weight excluding hydrogens is 334 g/mol. The molecule has 1 heterocycles. The van der Waals surface area contributed by atoms with E-state index in [1.807, 2.05) is 45.9 Å². The summed E-state index contributed by atoms with van der Waals surface area (Å²) in [6, 6.07) is 5.80. The summed E-state index contributed by atoms with van der Waals surface area (Å²) in [5.74, 6) is 0.198. The van der Waals surface area contributed by atoms with E-state index < -0.39 is 5.41 Å². The van der Waals surface area contributed by atoms with E-state index in [4.69, 9.17) is 4.84 Å². The molecule has 0 spiro atoms.